The Bertz CT molecular complexity index is 849. The van der Waals surface area contributed by atoms with Gasteiger partial charge in [0.15, 0.2) is 0 Å². The van der Waals surface area contributed by atoms with Crippen molar-refractivity contribution < 1.29 is 22.8 Å². The maximum Gasteiger partial charge on any atom is 0.416 e. The average Bonchev–Trinajstić information content (AvgIpc) is 2.58. The summed E-state index contributed by atoms with van der Waals surface area (Å²) < 4.78 is 37.6. The van der Waals surface area contributed by atoms with Crippen molar-refractivity contribution >= 4 is 23.2 Å². The fourth-order valence-corrected chi connectivity index (χ4v) is 2.57. The van der Waals surface area contributed by atoms with Crippen molar-refractivity contribution in [3.05, 3.63) is 59.2 Å². The summed E-state index contributed by atoms with van der Waals surface area (Å²) >= 11 is 0. The maximum absolute atomic E-state index is 12.5. The molecule has 0 aromatic heterocycles. The summed E-state index contributed by atoms with van der Waals surface area (Å²) in [6, 6.07) is 9.77. The van der Waals surface area contributed by atoms with Crippen LogP contribution < -0.4 is 10.6 Å². The maximum atomic E-state index is 12.5. The highest BCUT2D eigenvalue weighted by molar-refractivity contribution is 5.95. The van der Waals surface area contributed by atoms with Crippen LogP contribution in [-0.2, 0) is 15.8 Å². The summed E-state index contributed by atoms with van der Waals surface area (Å²) in [6.07, 6.45) is -4.42. The number of anilines is 2. The van der Waals surface area contributed by atoms with E-state index >= 15 is 0 Å². The van der Waals surface area contributed by atoms with E-state index < -0.39 is 17.6 Å². The van der Waals surface area contributed by atoms with Crippen LogP contribution in [0.1, 0.15) is 16.7 Å². The van der Waals surface area contributed by atoms with Gasteiger partial charge in [-0.1, -0.05) is 12.1 Å². The van der Waals surface area contributed by atoms with E-state index in [0.717, 1.165) is 23.3 Å². The lowest BCUT2D eigenvalue weighted by molar-refractivity contribution is -0.137. The zero-order valence-corrected chi connectivity index (χ0v) is 15.9. The van der Waals surface area contributed by atoms with E-state index in [-0.39, 0.29) is 24.7 Å². The number of hydrogen-bond donors (Lipinski definition) is 2. The minimum absolute atomic E-state index is 0.00614. The molecular weight excluding hydrogens is 371 g/mol. The van der Waals surface area contributed by atoms with Crippen LogP contribution in [0.4, 0.5) is 24.5 Å². The molecule has 0 aliphatic carbocycles. The Morgan fingerprint density at radius 2 is 1.50 bits per heavy atom. The topological polar surface area (TPSA) is 61.4 Å². The molecule has 150 valence electrons. The number of carbonyl (C=O) groups excluding carboxylic acids is 2. The van der Waals surface area contributed by atoms with Crippen molar-refractivity contribution in [2.45, 2.75) is 20.0 Å². The summed E-state index contributed by atoms with van der Waals surface area (Å²) in [5, 5.41) is 5.32. The highest BCUT2D eigenvalue weighted by Gasteiger charge is 2.30. The summed E-state index contributed by atoms with van der Waals surface area (Å²) in [5.41, 5.74) is 2.21. The quantitative estimate of drug-likeness (QED) is 0.784. The van der Waals surface area contributed by atoms with Gasteiger partial charge in [-0.2, -0.15) is 13.2 Å². The summed E-state index contributed by atoms with van der Waals surface area (Å²) in [5.74, 6) is -0.694. The van der Waals surface area contributed by atoms with Gasteiger partial charge in [-0.15, -0.1) is 0 Å². The highest BCUT2D eigenvalue weighted by Crippen LogP contribution is 2.29. The second-order valence-electron chi connectivity index (χ2n) is 6.59. The molecule has 0 bridgehead atoms. The van der Waals surface area contributed by atoms with Crippen LogP contribution in [0.2, 0.25) is 0 Å². The lowest BCUT2D eigenvalue weighted by Gasteiger charge is -2.17. The minimum atomic E-state index is -4.42. The van der Waals surface area contributed by atoms with Gasteiger partial charge in [0.25, 0.3) is 0 Å². The number of aryl methyl sites for hydroxylation is 1. The van der Waals surface area contributed by atoms with Crippen LogP contribution >= 0.6 is 0 Å². The van der Waals surface area contributed by atoms with Gasteiger partial charge in [-0.3, -0.25) is 14.5 Å². The van der Waals surface area contributed by atoms with Crippen LogP contribution in [0.15, 0.2) is 42.5 Å². The first-order valence-corrected chi connectivity index (χ1v) is 8.58. The second-order valence-corrected chi connectivity index (χ2v) is 6.59. The van der Waals surface area contributed by atoms with E-state index in [0.29, 0.717) is 5.69 Å². The zero-order valence-electron chi connectivity index (χ0n) is 15.9. The number of nitrogens with one attached hydrogen (secondary N) is 2. The average molecular weight is 393 g/mol. The molecule has 5 nitrogen and oxygen atoms in total. The standard InChI is InChI=1S/C20H22F3N3O2/c1-13-5-4-6-17(14(13)2)25-19(28)12-26(3)11-18(27)24-16-9-7-15(8-10-16)20(21,22)23/h4-10H,11-12H2,1-3H3,(H,24,27)(H,25,28). The number of halogens is 3. The molecule has 0 radical (unpaired) electrons. The molecule has 0 saturated heterocycles. The summed E-state index contributed by atoms with van der Waals surface area (Å²) in [4.78, 5) is 25.7. The molecule has 2 N–H and O–H groups in total. The first-order chi connectivity index (χ1) is 13.1. The predicted molar refractivity (Wildman–Crippen MR) is 102 cm³/mol. The normalized spacial score (nSPS) is 11.4. The molecule has 2 amide bonds. The molecule has 0 aliphatic heterocycles. The molecule has 0 unspecified atom stereocenters. The van der Waals surface area contributed by atoms with Crippen molar-refractivity contribution in [3.63, 3.8) is 0 Å². The number of benzene rings is 2. The Balaban J connectivity index is 1.85. The molecule has 2 aromatic rings. The molecule has 2 rings (SSSR count). The number of rotatable bonds is 6. The molecule has 0 atom stereocenters. The SMILES string of the molecule is Cc1cccc(NC(=O)CN(C)CC(=O)Nc2ccc(C(F)(F)F)cc2)c1C. The number of alkyl halides is 3. The molecule has 28 heavy (non-hydrogen) atoms. The molecule has 0 fully saturated rings. The number of nitrogens with zero attached hydrogens (tertiary/aromatic N) is 1. The third-order valence-corrected chi connectivity index (χ3v) is 4.20. The Labute approximate surface area is 161 Å². The Hall–Kier alpha value is -2.87. The lowest BCUT2D eigenvalue weighted by atomic mass is 10.1. The number of carbonyl (C=O) groups is 2. The van der Waals surface area contributed by atoms with E-state index in [4.69, 9.17) is 0 Å². The zero-order chi connectivity index (χ0) is 20.9. The van der Waals surface area contributed by atoms with Crippen molar-refractivity contribution in [1.29, 1.82) is 0 Å². The largest absolute Gasteiger partial charge is 0.416 e. The fourth-order valence-electron chi connectivity index (χ4n) is 2.57. The van der Waals surface area contributed by atoms with E-state index in [2.05, 4.69) is 10.6 Å². The van der Waals surface area contributed by atoms with Crippen molar-refractivity contribution in [3.8, 4) is 0 Å². The van der Waals surface area contributed by atoms with Crippen molar-refractivity contribution in [2.75, 3.05) is 30.8 Å². The third kappa shape index (κ3) is 6.09. The monoisotopic (exact) mass is 393 g/mol. The second kappa shape index (κ2) is 8.88. The van der Waals surface area contributed by atoms with Gasteiger partial charge in [0.2, 0.25) is 11.8 Å². The van der Waals surface area contributed by atoms with E-state index in [1.165, 1.54) is 17.0 Å². The van der Waals surface area contributed by atoms with Gasteiger partial charge < -0.3 is 10.6 Å². The summed E-state index contributed by atoms with van der Waals surface area (Å²) in [7, 11) is 1.61. The van der Waals surface area contributed by atoms with E-state index in [1.807, 2.05) is 26.0 Å². The van der Waals surface area contributed by atoms with Crippen molar-refractivity contribution in [1.82, 2.24) is 4.90 Å². The summed E-state index contributed by atoms with van der Waals surface area (Å²) in [6.45, 7) is 3.77. The fraction of sp³-hybridized carbons (Fsp3) is 0.300. The minimum Gasteiger partial charge on any atom is -0.325 e. The van der Waals surface area contributed by atoms with Crippen LogP contribution in [0.5, 0.6) is 0 Å². The number of hydrogen-bond acceptors (Lipinski definition) is 3. The van der Waals surface area contributed by atoms with Gasteiger partial charge in [-0.25, -0.2) is 0 Å². The van der Waals surface area contributed by atoms with Crippen LogP contribution in [-0.4, -0.2) is 36.9 Å². The lowest BCUT2D eigenvalue weighted by Crippen LogP contribution is -2.36. The third-order valence-electron chi connectivity index (χ3n) is 4.20. The van der Waals surface area contributed by atoms with Crippen LogP contribution in [0.3, 0.4) is 0 Å². The molecule has 0 saturated carbocycles. The molecule has 0 spiro atoms. The molecule has 0 aliphatic rings. The van der Waals surface area contributed by atoms with Gasteiger partial charge in [-0.05, 0) is 62.4 Å². The Morgan fingerprint density at radius 1 is 0.929 bits per heavy atom. The number of likely N-dealkylation sites (N-methyl/N-ethyl adjacent to an activating group) is 1. The van der Waals surface area contributed by atoms with Crippen LogP contribution in [0.25, 0.3) is 0 Å². The Kier molecular flexibility index (Phi) is 6.80. The van der Waals surface area contributed by atoms with Crippen molar-refractivity contribution in [2.24, 2.45) is 0 Å². The number of amides is 2. The van der Waals surface area contributed by atoms with Gasteiger partial charge in [0.1, 0.15) is 0 Å². The first kappa shape index (κ1) is 21.4. The van der Waals surface area contributed by atoms with E-state index in [9.17, 15) is 22.8 Å². The van der Waals surface area contributed by atoms with Crippen LogP contribution in [0, 0.1) is 13.8 Å². The van der Waals surface area contributed by atoms with E-state index in [1.54, 1.807) is 13.1 Å². The molecule has 8 heteroatoms. The highest BCUT2D eigenvalue weighted by atomic mass is 19.4. The van der Waals surface area contributed by atoms with Gasteiger partial charge in [0.05, 0.1) is 18.7 Å². The first-order valence-electron chi connectivity index (χ1n) is 8.58. The predicted octanol–water partition coefficient (Wildman–Crippen LogP) is 3.83. The smallest absolute Gasteiger partial charge is 0.325 e. The molecule has 2 aromatic carbocycles. The molecule has 0 heterocycles. The Morgan fingerprint density at radius 3 is 2.07 bits per heavy atom. The van der Waals surface area contributed by atoms with Gasteiger partial charge in [0, 0.05) is 11.4 Å². The molecular formula is C20H22F3N3O2. The van der Waals surface area contributed by atoms with Gasteiger partial charge >= 0.3 is 6.18 Å².